The summed E-state index contributed by atoms with van der Waals surface area (Å²) >= 11 is 0. The molecule has 0 aliphatic carbocycles. The Morgan fingerprint density at radius 3 is 2.35 bits per heavy atom. The van der Waals surface area contributed by atoms with Gasteiger partial charge in [-0.1, -0.05) is 12.1 Å². The van der Waals surface area contributed by atoms with Gasteiger partial charge in [-0.15, -0.1) is 24.8 Å². The smallest absolute Gasteiger partial charge is 0.338 e. The van der Waals surface area contributed by atoms with E-state index in [1.165, 1.54) is 5.56 Å². The molecule has 0 saturated carbocycles. The lowest BCUT2D eigenvalue weighted by atomic mass is 10.1. The predicted octanol–water partition coefficient (Wildman–Crippen LogP) is 2.11. The van der Waals surface area contributed by atoms with Gasteiger partial charge in [0.05, 0.1) is 12.2 Å². The van der Waals surface area contributed by atoms with E-state index in [-0.39, 0.29) is 30.8 Å². The molecule has 20 heavy (non-hydrogen) atoms. The topological polar surface area (TPSA) is 41.6 Å². The normalized spacial score (nSPS) is 14.8. The molecule has 0 radical (unpaired) electrons. The van der Waals surface area contributed by atoms with Gasteiger partial charge in [0, 0.05) is 32.7 Å². The number of halogens is 2. The van der Waals surface area contributed by atoms with E-state index in [0.717, 1.165) is 32.7 Å². The number of nitrogens with one attached hydrogen (secondary N) is 1. The van der Waals surface area contributed by atoms with Crippen molar-refractivity contribution in [3.8, 4) is 0 Å². The Labute approximate surface area is 132 Å². The number of hydrogen-bond donors (Lipinski definition) is 1. The molecule has 114 valence electrons. The lowest BCUT2D eigenvalue weighted by Crippen LogP contribution is -2.42. The molecule has 0 aromatic heterocycles. The summed E-state index contributed by atoms with van der Waals surface area (Å²) in [5, 5.41) is 3.34. The van der Waals surface area contributed by atoms with Crippen LogP contribution in [0.3, 0.4) is 0 Å². The predicted molar refractivity (Wildman–Crippen MR) is 85.0 cm³/mol. The second-order valence-electron chi connectivity index (χ2n) is 4.44. The lowest BCUT2D eigenvalue weighted by Gasteiger charge is -2.27. The summed E-state index contributed by atoms with van der Waals surface area (Å²) in [5.41, 5.74) is 1.87. The number of carbonyl (C=O) groups excluding carboxylic acids is 1. The van der Waals surface area contributed by atoms with Gasteiger partial charge >= 0.3 is 5.97 Å². The second kappa shape index (κ2) is 10.00. The van der Waals surface area contributed by atoms with Crippen LogP contribution in [-0.4, -0.2) is 43.7 Å². The van der Waals surface area contributed by atoms with E-state index >= 15 is 0 Å². The molecule has 2 rings (SSSR count). The van der Waals surface area contributed by atoms with E-state index in [1.54, 1.807) is 0 Å². The van der Waals surface area contributed by atoms with Crippen molar-refractivity contribution in [2.45, 2.75) is 13.5 Å². The average Bonchev–Trinajstić information content (AvgIpc) is 2.41. The van der Waals surface area contributed by atoms with Crippen molar-refractivity contribution in [1.29, 1.82) is 0 Å². The molecule has 1 fully saturated rings. The third-order valence-electron chi connectivity index (χ3n) is 3.08. The van der Waals surface area contributed by atoms with Gasteiger partial charge in [0.25, 0.3) is 0 Å². The zero-order valence-electron chi connectivity index (χ0n) is 11.6. The summed E-state index contributed by atoms with van der Waals surface area (Å²) in [6.45, 7) is 7.46. The van der Waals surface area contributed by atoms with Crippen molar-refractivity contribution in [2.24, 2.45) is 0 Å². The van der Waals surface area contributed by atoms with Gasteiger partial charge < -0.3 is 10.1 Å². The molecule has 4 nitrogen and oxygen atoms in total. The molecule has 0 bridgehead atoms. The Bertz CT molecular complexity index is 393. The Morgan fingerprint density at radius 1 is 1.20 bits per heavy atom. The maximum absolute atomic E-state index is 11.5. The van der Waals surface area contributed by atoms with Crippen molar-refractivity contribution in [2.75, 3.05) is 32.8 Å². The first kappa shape index (κ1) is 19.2. The maximum atomic E-state index is 11.5. The summed E-state index contributed by atoms with van der Waals surface area (Å²) in [4.78, 5) is 13.9. The van der Waals surface area contributed by atoms with E-state index in [1.807, 2.05) is 31.2 Å². The first-order valence-electron chi connectivity index (χ1n) is 6.48. The monoisotopic (exact) mass is 320 g/mol. The van der Waals surface area contributed by atoms with Gasteiger partial charge in [-0.3, -0.25) is 4.90 Å². The van der Waals surface area contributed by atoms with Crippen molar-refractivity contribution in [3.05, 3.63) is 35.4 Å². The fourth-order valence-electron chi connectivity index (χ4n) is 2.09. The molecular weight excluding hydrogens is 299 g/mol. The number of carbonyl (C=O) groups is 1. The summed E-state index contributed by atoms with van der Waals surface area (Å²) in [5.74, 6) is -0.244. The lowest BCUT2D eigenvalue weighted by molar-refractivity contribution is 0.0526. The SMILES string of the molecule is CCOC(=O)c1ccc(CN2CCNCC2)cc1.Cl.Cl. The van der Waals surface area contributed by atoms with Crippen LogP contribution in [0, 0.1) is 0 Å². The highest BCUT2D eigenvalue weighted by Gasteiger charge is 2.10. The quantitative estimate of drug-likeness (QED) is 0.863. The van der Waals surface area contributed by atoms with E-state index < -0.39 is 0 Å². The molecule has 1 heterocycles. The molecule has 0 unspecified atom stereocenters. The number of benzene rings is 1. The van der Waals surface area contributed by atoms with Crippen molar-refractivity contribution in [1.82, 2.24) is 10.2 Å². The molecular formula is C14H22Cl2N2O2. The minimum atomic E-state index is -0.244. The standard InChI is InChI=1S/C14H20N2O2.2ClH/c1-2-18-14(17)13-5-3-12(4-6-13)11-16-9-7-15-8-10-16;;/h3-6,15H,2,7-11H2,1H3;2*1H. The third-order valence-corrected chi connectivity index (χ3v) is 3.08. The Hall–Kier alpha value is -0.810. The largest absolute Gasteiger partial charge is 0.462 e. The minimum absolute atomic E-state index is 0. The van der Waals surface area contributed by atoms with E-state index in [2.05, 4.69) is 10.2 Å². The molecule has 1 saturated heterocycles. The van der Waals surface area contributed by atoms with Crippen LogP contribution in [-0.2, 0) is 11.3 Å². The molecule has 0 atom stereocenters. The van der Waals surface area contributed by atoms with Gasteiger partial charge in [0.1, 0.15) is 0 Å². The Morgan fingerprint density at radius 2 is 1.80 bits per heavy atom. The van der Waals surface area contributed by atoms with Crippen molar-refractivity contribution < 1.29 is 9.53 Å². The van der Waals surface area contributed by atoms with Crippen LogP contribution in [0.5, 0.6) is 0 Å². The van der Waals surface area contributed by atoms with Crippen LogP contribution < -0.4 is 5.32 Å². The summed E-state index contributed by atoms with van der Waals surface area (Å²) in [7, 11) is 0. The third kappa shape index (κ3) is 5.67. The highest BCUT2D eigenvalue weighted by Crippen LogP contribution is 2.09. The number of esters is 1. The van der Waals surface area contributed by atoms with Crippen molar-refractivity contribution >= 4 is 30.8 Å². The first-order valence-corrected chi connectivity index (χ1v) is 6.48. The van der Waals surface area contributed by atoms with Gasteiger partial charge in [0.2, 0.25) is 0 Å². The maximum Gasteiger partial charge on any atom is 0.338 e. The van der Waals surface area contributed by atoms with Gasteiger partial charge in [-0.05, 0) is 24.6 Å². The Balaban J connectivity index is 0.00000180. The van der Waals surface area contributed by atoms with E-state index in [9.17, 15) is 4.79 Å². The number of rotatable bonds is 4. The fraction of sp³-hybridized carbons (Fsp3) is 0.500. The number of ether oxygens (including phenoxy) is 1. The summed E-state index contributed by atoms with van der Waals surface area (Å²) in [6, 6.07) is 7.70. The average molecular weight is 321 g/mol. The Kier molecular flexibility index (Phi) is 9.59. The molecule has 1 aromatic rings. The number of piperazine rings is 1. The van der Waals surface area contributed by atoms with Gasteiger partial charge in [-0.25, -0.2) is 4.79 Å². The molecule has 0 spiro atoms. The van der Waals surface area contributed by atoms with Gasteiger partial charge in [-0.2, -0.15) is 0 Å². The molecule has 1 aromatic carbocycles. The molecule has 1 aliphatic rings. The molecule has 6 heteroatoms. The minimum Gasteiger partial charge on any atom is -0.462 e. The second-order valence-corrected chi connectivity index (χ2v) is 4.44. The van der Waals surface area contributed by atoms with Crippen LogP contribution >= 0.6 is 24.8 Å². The molecule has 1 N–H and O–H groups in total. The fourth-order valence-corrected chi connectivity index (χ4v) is 2.09. The van der Waals surface area contributed by atoms with Crippen LogP contribution in [0.2, 0.25) is 0 Å². The van der Waals surface area contributed by atoms with Crippen LogP contribution in [0.4, 0.5) is 0 Å². The van der Waals surface area contributed by atoms with E-state index in [0.29, 0.717) is 12.2 Å². The number of nitrogens with zero attached hydrogens (tertiary/aromatic N) is 1. The number of hydrogen-bond acceptors (Lipinski definition) is 4. The highest BCUT2D eigenvalue weighted by molar-refractivity contribution is 5.89. The first-order chi connectivity index (χ1) is 8.79. The summed E-state index contributed by atoms with van der Waals surface area (Å²) in [6.07, 6.45) is 0. The van der Waals surface area contributed by atoms with Crippen LogP contribution in [0.25, 0.3) is 0 Å². The van der Waals surface area contributed by atoms with Crippen LogP contribution in [0.1, 0.15) is 22.8 Å². The summed E-state index contributed by atoms with van der Waals surface area (Å²) < 4.78 is 4.96. The van der Waals surface area contributed by atoms with Crippen LogP contribution in [0.15, 0.2) is 24.3 Å². The molecule has 0 amide bonds. The highest BCUT2D eigenvalue weighted by atomic mass is 35.5. The molecule has 1 aliphatic heterocycles. The zero-order valence-corrected chi connectivity index (χ0v) is 13.3. The van der Waals surface area contributed by atoms with Crippen molar-refractivity contribution in [3.63, 3.8) is 0 Å². The van der Waals surface area contributed by atoms with E-state index in [4.69, 9.17) is 4.74 Å². The van der Waals surface area contributed by atoms with Gasteiger partial charge in [0.15, 0.2) is 0 Å². The zero-order chi connectivity index (χ0) is 12.8.